The van der Waals surface area contributed by atoms with E-state index in [4.69, 9.17) is 5.73 Å². The average molecular weight is 318 g/mol. The maximum absolute atomic E-state index is 13.0. The van der Waals surface area contributed by atoms with Gasteiger partial charge >= 0.3 is 0 Å². The number of aromatic amines is 1. The summed E-state index contributed by atoms with van der Waals surface area (Å²) >= 11 is 0. The predicted octanol–water partition coefficient (Wildman–Crippen LogP) is 2.66. The molecule has 1 aromatic carbocycles. The van der Waals surface area contributed by atoms with Gasteiger partial charge in [-0.1, -0.05) is 13.8 Å². The average Bonchev–Trinajstić information content (AvgIpc) is 3.01. The van der Waals surface area contributed by atoms with Crippen LogP contribution >= 0.6 is 0 Å². The molecule has 1 heterocycles. The Morgan fingerprint density at radius 2 is 2.00 bits per heavy atom. The Morgan fingerprint density at radius 1 is 1.35 bits per heavy atom. The molecule has 2 aromatic rings. The van der Waals surface area contributed by atoms with Crippen molar-refractivity contribution in [2.45, 2.75) is 26.3 Å². The topological polar surface area (TPSA) is 75.0 Å². The van der Waals surface area contributed by atoms with E-state index in [1.54, 1.807) is 24.1 Å². The van der Waals surface area contributed by atoms with Crippen LogP contribution in [0.5, 0.6) is 0 Å². The molecule has 0 spiro atoms. The van der Waals surface area contributed by atoms with E-state index < -0.39 is 0 Å². The van der Waals surface area contributed by atoms with Crippen molar-refractivity contribution >= 4 is 5.91 Å². The molecule has 0 saturated carbocycles. The first-order valence-electron chi connectivity index (χ1n) is 7.70. The molecule has 0 aliphatic carbocycles. The number of hydrogen-bond donors (Lipinski definition) is 2. The standard InChI is InChI=1S/C17H23FN4O/c1-11(2)15(19)8-9-22(3)17(23)14-10-20-21-16(14)12-4-6-13(18)7-5-12/h4-7,10-11,15H,8-9,19H2,1-3H3,(H,20,21). The van der Waals surface area contributed by atoms with Crippen LogP contribution in [0.1, 0.15) is 30.6 Å². The monoisotopic (exact) mass is 318 g/mol. The third-order valence-corrected chi connectivity index (χ3v) is 4.00. The van der Waals surface area contributed by atoms with Gasteiger partial charge in [0.15, 0.2) is 0 Å². The molecule has 1 atom stereocenters. The smallest absolute Gasteiger partial charge is 0.257 e. The van der Waals surface area contributed by atoms with Crippen LogP contribution in [0, 0.1) is 11.7 Å². The van der Waals surface area contributed by atoms with Gasteiger partial charge in [0.05, 0.1) is 17.5 Å². The van der Waals surface area contributed by atoms with Crippen molar-refractivity contribution in [1.82, 2.24) is 15.1 Å². The van der Waals surface area contributed by atoms with E-state index in [9.17, 15) is 9.18 Å². The third kappa shape index (κ3) is 4.16. The summed E-state index contributed by atoms with van der Waals surface area (Å²) in [4.78, 5) is 14.2. The molecule has 2 rings (SSSR count). The fourth-order valence-corrected chi connectivity index (χ4v) is 2.27. The van der Waals surface area contributed by atoms with E-state index in [-0.39, 0.29) is 17.8 Å². The Kier molecular flexibility index (Phi) is 5.50. The molecule has 0 fully saturated rings. The highest BCUT2D eigenvalue weighted by molar-refractivity contribution is 5.99. The number of nitrogens with zero attached hydrogens (tertiary/aromatic N) is 2. The maximum Gasteiger partial charge on any atom is 0.257 e. The summed E-state index contributed by atoms with van der Waals surface area (Å²) in [5.74, 6) is -0.0721. The van der Waals surface area contributed by atoms with E-state index in [1.807, 2.05) is 0 Å². The van der Waals surface area contributed by atoms with Crippen LogP contribution in [-0.4, -0.2) is 40.6 Å². The first-order valence-corrected chi connectivity index (χ1v) is 7.70. The summed E-state index contributed by atoms with van der Waals surface area (Å²) in [5.41, 5.74) is 7.81. The van der Waals surface area contributed by atoms with Gasteiger partial charge in [-0.3, -0.25) is 9.89 Å². The fraction of sp³-hybridized carbons (Fsp3) is 0.412. The zero-order valence-corrected chi connectivity index (χ0v) is 13.7. The quantitative estimate of drug-likeness (QED) is 0.860. The van der Waals surface area contributed by atoms with Crippen LogP contribution in [0.3, 0.4) is 0 Å². The van der Waals surface area contributed by atoms with Gasteiger partial charge in [-0.2, -0.15) is 5.10 Å². The Labute approximate surface area is 135 Å². The number of benzene rings is 1. The highest BCUT2D eigenvalue weighted by atomic mass is 19.1. The number of carbonyl (C=O) groups excluding carboxylic acids is 1. The van der Waals surface area contributed by atoms with Crippen LogP contribution in [0.2, 0.25) is 0 Å². The maximum atomic E-state index is 13.0. The van der Waals surface area contributed by atoms with Gasteiger partial charge in [0.1, 0.15) is 5.82 Å². The number of nitrogens with one attached hydrogen (secondary N) is 1. The molecule has 0 saturated heterocycles. The minimum atomic E-state index is -0.319. The second kappa shape index (κ2) is 7.37. The van der Waals surface area contributed by atoms with Crippen LogP contribution < -0.4 is 5.73 Å². The molecule has 124 valence electrons. The van der Waals surface area contributed by atoms with Crippen molar-refractivity contribution in [3.8, 4) is 11.3 Å². The van der Waals surface area contributed by atoms with Crippen LogP contribution in [0.4, 0.5) is 4.39 Å². The Balaban J connectivity index is 2.11. The highest BCUT2D eigenvalue weighted by Crippen LogP contribution is 2.22. The molecular formula is C17H23FN4O. The SMILES string of the molecule is CC(C)C(N)CCN(C)C(=O)c1cn[nH]c1-c1ccc(F)cc1. The molecule has 0 bridgehead atoms. The molecular weight excluding hydrogens is 295 g/mol. The van der Waals surface area contributed by atoms with Crippen molar-refractivity contribution < 1.29 is 9.18 Å². The second-order valence-corrected chi connectivity index (χ2v) is 6.09. The van der Waals surface area contributed by atoms with Gasteiger partial charge in [-0.15, -0.1) is 0 Å². The fourth-order valence-electron chi connectivity index (χ4n) is 2.27. The van der Waals surface area contributed by atoms with E-state index in [2.05, 4.69) is 24.0 Å². The molecule has 3 N–H and O–H groups in total. The van der Waals surface area contributed by atoms with Crippen LogP contribution in [0.25, 0.3) is 11.3 Å². The van der Waals surface area contributed by atoms with E-state index in [1.165, 1.54) is 18.3 Å². The summed E-state index contributed by atoms with van der Waals surface area (Å²) in [6, 6.07) is 6.01. The predicted molar refractivity (Wildman–Crippen MR) is 88.4 cm³/mol. The van der Waals surface area contributed by atoms with Crippen molar-refractivity contribution in [2.24, 2.45) is 11.7 Å². The summed E-state index contributed by atoms with van der Waals surface area (Å²) in [7, 11) is 1.75. The number of amides is 1. The lowest BCUT2D eigenvalue weighted by molar-refractivity contribution is 0.0790. The number of rotatable bonds is 6. The normalized spacial score (nSPS) is 12.4. The molecule has 1 amide bonds. The molecule has 0 aliphatic heterocycles. The summed E-state index contributed by atoms with van der Waals surface area (Å²) < 4.78 is 13.0. The zero-order chi connectivity index (χ0) is 17.0. The second-order valence-electron chi connectivity index (χ2n) is 6.09. The minimum Gasteiger partial charge on any atom is -0.342 e. The first kappa shape index (κ1) is 17.1. The number of nitrogens with two attached hydrogens (primary N) is 1. The summed E-state index contributed by atoms with van der Waals surface area (Å²) in [6.45, 7) is 4.70. The van der Waals surface area contributed by atoms with Gasteiger partial charge in [0, 0.05) is 25.2 Å². The summed E-state index contributed by atoms with van der Waals surface area (Å²) in [6.07, 6.45) is 2.24. The van der Waals surface area contributed by atoms with E-state index in [0.29, 0.717) is 23.7 Å². The molecule has 5 nitrogen and oxygen atoms in total. The summed E-state index contributed by atoms with van der Waals surface area (Å²) in [5, 5.41) is 6.77. The van der Waals surface area contributed by atoms with Crippen molar-refractivity contribution in [3.63, 3.8) is 0 Å². The number of carbonyl (C=O) groups is 1. The van der Waals surface area contributed by atoms with Gasteiger partial charge in [-0.25, -0.2) is 4.39 Å². The van der Waals surface area contributed by atoms with Crippen molar-refractivity contribution in [1.29, 1.82) is 0 Å². The molecule has 23 heavy (non-hydrogen) atoms. The van der Waals surface area contributed by atoms with Gasteiger partial charge in [0.25, 0.3) is 5.91 Å². The molecule has 0 aliphatic rings. The van der Waals surface area contributed by atoms with E-state index >= 15 is 0 Å². The van der Waals surface area contributed by atoms with Gasteiger partial charge in [0.2, 0.25) is 0 Å². The third-order valence-electron chi connectivity index (χ3n) is 4.00. The first-order chi connectivity index (χ1) is 10.9. The Hall–Kier alpha value is -2.21. The van der Waals surface area contributed by atoms with Crippen molar-refractivity contribution in [3.05, 3.63) is 41.8 Å². The van der Waals surface area contributed by atoms with Crippen molar-refractivity contribution in [2.75, 3.05) is 13.6 Å². The molecule has 0 radical (unpaired) electrons. The molecule has 6 heteroatoms. The van der Waals surface area contributed by atoms with E-state index in [0.717, 1.165) is 12.0 Å². The number of hydrogen-bond acceptors (Lipinski definition) is 3. The lowest BCUT2D eigenvalue weighted by Gasteiger charge is -2.21. The number of aromatic nitrogens is 2. The lowest BCUT2D eigenvalue weighted by Crippen LogP contribution is -2.34. The van der Waals surface area contributed by atoms with Crippen LogP contribution in [-0.2, 0) is 0 Å². The van der Waals surface area contributed by atoms with Gasteiger partial charge < -0.3 is 10.6 Å². The number of H-pyrrole nitrogens is 1. The Morgan fingerprint density at radius 3 is 2.61 bits per heavy atom. The molecule has 1 aromatic heterocycles. The highest BCUT2D eigenvalue weighted by Gasteiger charge is 2.19. The lowest BCUT2D eigenvalue weighted by atomic mass is 10.0. The largest absolute Gasteiger partial charge is 0.342 e. The number of halogens is 1. The Bertz CT molecular complexity index is 651. The zero-order valence-electron chi connectivity index (χ0n) is 13.7. The van der Waals surface area contributed by atoms with Crippen LogP contribution in [0.15, 0.2) is 30.5 Å². The van der Waals surface area contributed by atoms with Gasteiger partial charge in [-0.05, 0) is 36.6 Å². The molecule has 1 unspecified atom stereocenters. The minimum absolute atomic E-state index is 0.0613.